The van der Waals surface area contributed by atoms with Gasteiger partial charge in [-0.25, -0.2) is 0 Å². The van der Waals surface area contributed by atoms with E-state index in [0.717, 1.165) is 61.9 Å². The second kappa shape index (κ2) is 8.84. The summed E-state index contributed by atoms with van der Waals surface area (Å²) in [4.78, 5) is 14.6. The maximum absolute atomic E-state index is 12.3. The largest absolute Gasteiger partial charge is 0.457 e. The van der Waals surface area contributed by atoms with Gasteiger partial charge in [0.2, 0.25) is 5.91 Å². The van der Waals surface area contributed by atoms with Gasteiger partial charge in [-0.15, -0.1) is 0 Å². The van der Waals surface area contributed by atoms with Gasteiger partial charge in [0.25, 0.3) is 0 Å². The molecule has 29 heavy (non-hydrogen) atoms. The summed E-state index contributed by atoms with van der Waals surface area (Å²) < 4.78 is 16.7. The number of carbonyl (C=O) groups excluding carboxylic acids is 1. The molecule has 0 unspecified atom stereocenters. The van der Waals surface area contributed by atoms with E-state index in [4.69, 9.17) is 14.2 Å². The van der Waals surface area contributed by atoms with Crippen LogP contribution in [0.4, 0.5) is 11.4 Å². The smallest absolute Gasteiger partial charge is 0.227 e. The molecule has 1 aliphatic heterocycles. The standard InChI is InChI=1S/C23H28N2O4/c1-16-13-18(24-23(26)17-14-21(15-17)27-2)3-8-22(16)29-20-6-4-19(5-7-20)25-9-11-28-12-10-25/h3-8,13,17,21H,9-12,14-15H2,1-2H3,(H,24,26). The Morgan fingerprint density at radius 2 is 1.83 bits per heavy atom. The van der Waals surface area contributed by atoms with Gasteiger partial charge >= 0.3 is 0 Å². The Morgan fingerprint density at radius 1 is 1.10 bits per heavy atom. The molecule has 1 aliphatic carbocycles. The number of benzene rings is 2. The van der Waals surface area contributed by atoms with Gasteiger partial charge in [-0.05, 0) is 67.8 Å². The van der Waals surface area contributed by atoms with Crippen LogP contribution in [0.1, 0.15) is 18.4 Å². The number of carbonyl (C=O) groups is 1. The minimum Gasteiger partial charge on any atom is -0.457 e. The molecule has 2 aromatic carbocycles. The molecule has 1 saturated carbocycles. The monoisotopic (exact) mass is 396 g/mol. The van der Waals surface area contributed by atoms with Crippen molar-refractivity contribution in [2.45, 2.75) is 25.9 Å². The number of amides is 1. The highest BCUT2D eigenvalue weighted by molar-refractivity contribution is 5.93. The number of aryl methyl sites for hydroxylation is 1. The van der Waals surface area contributed by atoms with E-state index >= 15 is 0 Å². The van der Waals surface area contributed by atoms with E-state index in [1.165, 1.54) is 5.69 Å². The Morgan fingerprint density at radius 3 is 2.48 bits per heavy atom. The number of morpholine rings is 1. The maximum atomic E-state index is 12.3. The van der Waals surface area contributed by atoms with Gasteiger partial charge in [-0.3, -0.25) is 4.79 Å². The summed E-state index contributed by atoms with van der Waals surface area (Å²) in [5.41, 5.74) is 2.95. The fourth-order valence-corrected chi connectivity index (χ4v) is 3.73. The summed E-state index contributed by atoms with van der Waals surface area (Å²) in [5, 5.41) is 3.00. The van der Waals surface area contributed by atoms with Crippen molar-refractivity contribution in [3.63, 3.8) is 0 Å². The molecule has 154 valence electrons. The number of nitrogens with one attached hydrogen (secondary N) is 1. The zero-order valence-electron chi connectivity index (χ0n) is 17.0. The summed E-state index contributed by atoms with van der Waals surface area (Å²) in [6.07, 6.45) is 1.81. The Balaban J connectivity index is 1.35. The molecule has 1 saturated heterocycles. The summed E-state index contributed by atoms with van der Waals surface area (Å²) in [6.45, 7) is 5.36. The maximum Gasteiger partial charge on any atom is 0.227 e. The van der Waals surface area contributed by atoms with Crippen molar-refractivity contribution < 1.29 is 19.0 Å². The van der Waals surface area contributed by atoms with Gasteiger partial charge < -0.3 is 24.4 Å². The Labute approximate surface area is 171 Å². The Bertz CT molecular complexity index is 840. The van der Waals surface area contributed by atoms with E-state index in [1.54, 1.807) is 7.11 Å². The normalized spacial score (nSPS) is 21.4. The number of ether oxygens (including phenoxy) is 3. The number of hydrogen-bond acceptors (Lipinski definition) is 5. The van der Waals surface area contributed by atoms with Crippen LogP contribution in [0.15, 0.2) is 42.5 Å². The molecular weight excluding hydrogens is 368 g/mol. The molecule has 1 amide bonds. The van der Waals surface area contributed by atoms with Crippen LogP contribution in [0.25, 0.3) is 0 Å². The van der Waals surface area contributed by atoms with Crippen LogP contribution in [-0.4, -0.2) is 45.4 Å². The molecule has 1 N–H and O–H groups in total. The first-order chi connectivity index (χ1) is 14.1. The summed E-state index contributed by atoms with van der Waals surface area (Å²) in [6, 6.07) is 13.9. The number of rotatable bonds is 6. The third-order valence-electron chi connectivity index (χ3n) is 5.68. The van der Waals surface area contributed by atoms with Gasteiger partial charge in [-0.1, -0.05) is 0 Å². The van der Waals surface area contributed by atoms with E-state index in [9.17, 15) is 4.79 Å². The predicted molar refractivity (Wildman–Crippen MR) is 113 cm³/mol. The number of anilines is 2. The number of hydrogen-bond donors (Lipinski definition) is 1. The lowest BCUT2D eigenvalue weighted by atomic mass is 9.81. The van der Waals surface area contributed by atoms with Crippen LogP contribution in [-0.2, 0) is 14.3 Å². The summed E-state index contributed by atoms with van der Waals surface area (Å²) in [5.74, 6) is 1.68. The highest BCUT2D eigenvalue weighted by atomic mass is 16.5. The molecule has 6 heteroatoms. The van der Waals surface area contributed by atoms with Crippen molar-refractivity contribution in [3.8, 4) is 11.5 Å². The molecule has 0 aromatic heterocycles. The van der Waals surface area contributed by atoms with E-state index in [1.807, 2.05) is 37.3 Å². The Kier molecular flexibility index (Phi) is 6.02. The van der Waals surface area contributed by atoms with E-state index in [0.29, 0.717) is 0 Å². The van der Waals surface area contributed by atoms with Gasteiger partial charge in [0.15, 0.2) is 0 Å². The summed E-state index contributed by atoms with van der Waals surface area (Å²) in [7, 11) is 1.69. The minimum absolute atomic E-state index is 0.0427. The molecular formula is C23H28N2O4. The number of methoxy groups -OCH3 is 1. The van der Waals surface area contributed by atoms with Crippen molar-refractivity contribution in [2.24, 2.45) is 5.92 Å². The van der Waals surface area contributed by atoms with Gasteiger partial charge in [-0.2, -0.15) is 0 Å². The molecule has 2 aromatic rings. The van der Waals surface area contributed by atoms with Crippen molar-refractivity contribution in [1.82, 2.24) is 0 Å². The van der Waals surface area contributed by atoms with E-state index in [-0.39, 0.29) is 17.9 Å². The molecule has 4 rings (SSSR count). The third kappa shape index (κ3) is 4.71. The minimum atomic E-state index is 0.0427. The molecule has 2 aliphatic rings. The zero-order valence-corrected chi connectivity index (χ0v) is 17.0. The van der Waals surface area contributed by atoms with Crippen molar-refractivity contribution in [2.75, 3.05) is 43.6 Å². The van der Waals surface area contributed by atoms with Crippen molar-refractivity contribution >= 4 is 17.3 Å². The highest BCUT2D eigenvalue weighted by Crippen LogP contribution is 2.32. The first-order valence-corrected chi connectivity index (χ1v) is 10.2. The van der Waals surface area contributed by atoms with E-state index in [2.05, 4.69) is 22.3 Å². The van der Waals surface area contributed by atoms with Gasteiger partial charge in [0.05, 0.1) is 19.3 Å². The molecule has 1 heterocycles. The molecule has 0 spiro atoms. The second-order valence-electron chi connectivity index (χ2n) is 7.69. The molecule has 0 bridgehead atoms. The van der Waals surface area contributed by atoms with Crippen LogP contribution in [0.5, 0.6) is 11.5 Å². The fraction of sp³-hybridized carbons (Fsp3) is 0.435. The van der Waals surface area contributed by atoms with Crippen LogP contribution >= 0.6 is 0 Å². The molecule has 6 nitrogen and oxygen atoms in total. The first-order valence-electron chi connectivity index (χ1n) is 10.2. The molecule has 0 radical (unpaired) electrons. The predicted octanol–water partition coefficient (Wildman–Crippen LogP) is 3.99. The fourth-order valence-electron chi connectivity index (χ4n) is 3.73. The topological polar surface area (TPSA) is 60.0 Å². The highest BCUT2D eigenvalue weighted by Gasteiger charge is 2.34. The second-order valence-corrected chi connectivity index (χ2v) is 7.69. The van der Waals surface area contributed by atoms with Gasteiger partial charge in [0.1, 0.15) is 11.5 Å². The third-order valence-corrected chi connectivity index (χ3v) is 5.68. The van der Waals surface area contributed by atoms with Crippen LogP contribution in [0.3, 0.4) is 0 Å². The molecule has 2 fully saturated rings. The average Bonchev–Trinajstić information content (AvgIpc) is 2.70. The lowest BCUT2D eigenvalue weighted by molar-refractivity contribution is -0.127. The Hall–Kier alpha value is -2.57. The van der Waals surface area contributed by atoms with Crippen LogP contribution in [0.2, 0.25) is 0 Å². The first kappa shape index (κ1) is 19.7. The van der Waals surface area contributed by atoms with Crippen molar-refractivity contribution in [1.29, 1.82) is 0 Å². The SMILES string of the molecule is COC1CC(C(=O)Nc2ccc(Oc3ccc(N4CCOCC4)cc3)c(C)c2)C1. The quantitative estimate of drug-likeness (QED) is 0.800. The average molecular weight is 396 g/mol. The van der Waals surface area contributed by atoms with Gasteiger partial charge in [0, 0.05) is 37.5 Å². The molecule has 0 atom stereocenters. The lowest BCUT2D eigenvalue weighted by Crippen LogP contribution is -2.38. The number of nitrogens with zero attached hydrogens (tertiary/aromatic N) is 1. The van der Waals surface area contributed by atoms with Crippen LogP contribution in [0, 0.1) is 12.8 Å². The zero-order chi connectivity index (χ0) is 20.2. The summed E-state index contributed by atoms with van der Waals surface area (Å²) >= 11 is 0. The lowest BCUT2D eigenvalue weighted by Gasteiger charge is -2.32. The van der Waals surface area contributed by atoms with Crippen LogP contribution < -0.4 is 15.0 Å². The van der Waals surface area contributed by atoms with E-state index < -0.39 is 0 Å². The van der Waals surface area contributed by atoms with Crippen molar-refractivity contribution in [3.05, 3.63) is 48.0 Å².